The van der Waals surface area contributed by atoms with E-state index in [9.17, 15) is 4.79 Å². The minimum absolute atomic E-state index is 0.218. The number of carbonyl (C=O) groups is 1. The summed E-state index contributed by atoms with van der Waals surface area (Å²) in [5, 5.41) is 0. The molecule has 4 heteroatoms. The zero-order valence-electron chi connectivity index (χ0n) is 19.7. The molecule has 1 aliphatic heterocycles. The molecule has 4 nitrogen and oxygen atoms in total. The van der Waals surface area contributed by atoms with E-state index in [0.29, 0.717) is 18.4 Å². The number of amides is 1. The summed E-state index contributed by atoms with van der Waals surface area (Å²) in [6.07, 6.45) is 13.2. The number of likely N-dealkylation sites (tertiary alicyclic amines) is 1. The van der Waals surface area contributed by atoms with Gasteiger partial charge in [-0.25, -0.2) is 0 Å². The molecule has 0 bridgehead atoms. The minimum atomic E-state index is 0.218. The first-order valence-electron chi connectivity index (χ1n) is 12.6. The van der Waals surface area contributed by atoms with Crippen LogP contribution < -0.4 is 0 Å². The Morgan fingerprint density at radius 1 is 1.00 bits per heavy atom. The van der Waals surface area contributed by atoms with Gasteiger partial charge in [-0.1, -0.05) is 56.0 Å². The summed E-state index contributed by atoms with van der Waals surface area (Å²) in [6, 6.07) is 12.8. The van der Waals surface area contributed by atoms with Gasteiger partial charge >= 0.3 is 0 Å². The maximum Gasteiger partial charge on any atom is 0.225 e. The molecule has 1 aliphatic carbocycles. The summed E-state index contributed by atoms with van der Waals surface area (Å²) >= 11 is 0. The van der Waals surface area contributed by atoms with Crippen LogP contribution in [0.5, 0.6) is 0 Å². The molecule has 1 aromatic carbocycles. The van der Waals surface area contributed by atoms with Gasteiger partial charge in [-0.15, -0.1) is 0 Å². The highest BCUT2D eigenvalue weighted by molar-refractivity contribution is 5.78. The Kier molecular flexibility index (Phi) is 8.33. The van der Waals surface area contributed by atoms with Crippen LogP contribution in [0.1, 0.15) is 68.1 Å². The highest BCUT2D eigenvalue weighted by Crippen LogP contribution is 2.27. The predicted octanol–water partition coefficient (Wildman–Crippen LogP) is 5.60. The lowest BCUT2D eigenvalue weighted by Gasteiger charge is -2.36. The zero-order chi connectivity index (χ0) is 22.2. The number of rotatable bonds is 7. The molecule has 4 rings (SSSR count). The third-order valence-electron chi connectivity index (χ3n) is 7.45. The Morgan fingerprint density at radius 3 is 2.44 bits per heavy atom. The lowest BCUT2D eigenvalue weighted by molar-refractivity contribution is -0.137. The number of carbonyl (C=O) groups excluding carboxylic acids is 1. The minimum Gasteiger partial charge on any atom is -0.338 e. The predicted molar refractivity (Wildman–Crippen MR) is 130 cm³/mol. The van der Waals surface area contributed by atoms with Crippen LogP contribution in [0.3, 0.4) is 0 Å². The van der Waals surface area contributed by atoms with E-state index in [1.165, 1.54) is 49.7 Å². The van der Waals surface area contributed by atoms with Gasteiger partial charge in [0.05, 0.1) is 0 Å². The van der Waals surface area contributed by atoms with Crippen LogP contribution in [0, 0.1) is 18.8 Å². The second kappa shape index (κ2) is 11.6. The lowest BCUT2D eigenvalue weighted by Crippen LogP contribution is -2.42. The van der Waals surface area contributed by atoms with Gasteiger partial charge in [-0.2, -0.15) is 0 Å². The largest absolute Gasteiger partial charge is 0.338 e. The van der Waals surface area contributed by atoms with Crippen molar-refractivity contribution in [3.8, 4) is 0 Å². The normalized spacial score (nSPS) is 18.9. The SMILES string of the molecule is Cc1ccccc1CN1CCC(CN(Cc2cccnc2)C(=O)C2CCCCCC2)CC1. The molecule has 2 heterocycles. The van der Waals surface area contributed by atoms with E-state index in [-0.39, 0.29) is 5.92 Å². The highest BCUT2D eigenvalue weighted by atomic mass is 16.2. The number of aryl methyl sites for hydroxylation is 1. The van der Waals surface area contributed by atoms with E-state index in [2.05, 4.69) is 52.0 Å². The fourth-order valence-electron chi connectivity index (χ4n) is 5.40. The van der Waals surface area contributed by atoms with Crippen LogP contribution in [0.2, 0.25) is 0 Å². The van der Waals surface area contributed by atoms with Crippen molar-refractivity contribution in [1.29, 1.82) is 0 Å². The maximum atomic E-state index is 13.6. The monoisotopic (exact) mass is 433 g/mol. The van der Waals surface area contributed by atoms with Crippen molar-refractivity contribution in [1.82, 2.24) is 14.8 Å². The van der Waals surface area contributed by atoms with E-state index >= 15 is 0 Å². The lowest BCUT2D eigenvalue weighted by atomic mass is 9.93. The van der Waals surface area contributed by atoms with Gasteiger partial charge in [-0.05, 0) is 74.4 Å². The summed E-state index contributed by atoms with van der Waals surface area (Å²) < 4.78 is 0. The van der Waals surface area contributed by atoms with Crippen LogP contribution in [0.25, 0.3) is 0 Å². The summed E-state index contributed by atoms with van der Waals surface area (Å²) in [5.74, 6) is 1.20. The van der Waals surface area contributed by atoms with E-state index in [1.54, 1.807) is 0 Å². The number of pyridine rings is 1. The number of aromatic nitrogens is 1. The number of piperidine rings is 1. The van der Waals surface area contributed by atoms with Gasteiger partial charge in [0.1, 0.15) is 0 Å². The van der Waals surface area contributed by atoms with Gasteiger partial charge in [0.25, 0.3) is 0 Å². The molecule has 1 aromatic heterocycles. The molecule has 1 amide bonds. The third-order valence-corrected chi connectivity index (χ3v) is 7.45. The molecule has 0 spiro atoms. The quantitative estimate of drug-likeness (QED) is 0.533. The second-order valence-corrected chi connectivity index (χ2v) is 9.91. The van der Waals surface area contributed by atoms with Crippen molar-refractivity contribution >= 4 is 5.91 Å². The smallest absolute Gasteiger partial charge is 0.225 e. The van der Waals surface area contributed by atoms with Gasteiger partial charge in [0, 0.05) is 37.9 Å². The van der Waals surface area contributed by atoms with E-state index in [1.807, 2.05) is 18.5 Å². The second-order valence-electron chi connectivity index (χ2n) is 9.91. The molecule has 1 saturated heterocycles. The fraction of sp³-hybridized carbons (Fsp3) is 0.571. The third kappa shape index (κ3) is 6.41. The Labute approximate surface area is 194 Å². The molecule has 0 N–H and O–H groups in total. The first kappa shape index (κ1) is 23.0. The highest BCUT2D eigenvalue weighted by Gasteiger charge is 2.29. The van der Waals surface area contributed by atoms with Crippen LogP contribution >= 0.6 is 0 Å². The van der Waals surface area contributed by atoms with Crippen molar-refractivity contribution < 1.29 is 4.79 Å². The van der Waals surface area contributed by atoms with E-state index in [0.717, 1.165) is 44.6 Å². The summed E-state index contributed by atoms with van der Waals surface area (Å²) in [4.78, 5) is 22.6. The van der Waals surface area contributed by atoms with Crippen LogP contribution in [-0.2, 0) is 17.9 Å². The molecule has 0 radical (unpaired) electrons. The van der Waals surface area contributed by atoms with Crippen LogP contribution in [0.15, 0.2) is 48.8 Å². The molecule has 0 unspecified atom stereocenters. The first-order valence-corrected chi connectivity index (χ1v) is 12.6. The Bertz CT molecular complexity index is 837. The van der Waals surface area contributed by atoms with Crippen molar-refractivity contribution in [3.63, 3.8) is 0 Å². The first-order chi connectivity index (χ1) is 15.7. The molecule has 2 fully saturated rings. The van der Waals surface area contributed by atoms with Crippen LogP contribution in [-0.4, -0.2) is 40.3 Å². The van der Waals surface area contributed by atoms with Gasteiger partial charge < -0.3 is 4.90 Å². The molecule has 2 aromatic rings. The van der Waals surface area contributed by atoms with Crippen molar-refractivity contribution in [2.75, 3.05) is 19.6 Å². The molecule has 172 valence electrons. The number of nitrogens with zero attached hydrogens (tertiary/aromatic N) is 3. The molecule has 32 heavy (non-hydrogen) atoms. The Morgan fingerprint density at radius 2 is 1.75 bits per heavy atom. The molecule has 1 saturated carbocycles. The van der Waals surface area contributed by atoms with Crippen molar-refractivity contribution in [3.05, 3.63) is 65.5 Å². The van der Waals surface area contributed by atoms with Crippen molar-refractivity contribution in [2.45, 2.75) is 71.4 Å². The Balaban J connectivity index is 1.36. The zero-order valence-corrected chi connectivity index (χ0v) is 19.7. The van der Waals surface area contributed by atoms with Gasteiger partial charge in [0.15, 0.2) is 0 Å². The molecule has 2 aliphatic rings. The molecule has 0 atom stereocenters. The summed E-state index contributed by atoms with van der Waals surface area (Å²) in [5.41, 5.74) is 3.96. The van der Waals surface area contributed by atoms with E-state index in [4.69, 9.17) is 0 Å². The summed E-state index contributed by atoms with van der Waals surface area (Å²) in [6.45, 7) is 7.08. The number of benzene rings is 1. The fourth-order valence-corrected chi connectivity index (χ4v) is 5.40. The standard InChI is InChI=1S/C28H39N3O/c1-23-9-6-7-13-27(23)22-30-17-14-24(15-18-30)20-31(21-25-10-8-16-29-19-25)28(32)26-11-4-2-3-5-12-26/h6-10,13,16,19,24,26H,2-5,11-12,14-15,17-18,20-22H2,1H3. The average molecular weight is 434 g/mol. The van der Waals surface area contributed by atoms with Gasteiger partial charge in [0.2, 0.25) is 5.91 Å². The van der Waals surface area contributed by atoms with Crippen LogP contribution in [0.4, 0.5) is 0 Å². The van der Waals surface area contributed by atoms with E-state index < -0.39 is 0 Å². The summed E-state index contributed by atoms with van der Waals surface area (Å²) in [7, 11) is 0. The van der Waals surface area contributed by atoms with Crippen molar-refractivity contribution in [2.24, 2.45) is 11.8 Å². The molecular weight excluding hydrogens is 394 g/mol. The van der Waals surface area contributed by atoms with Gasteiger partial charge in [-0.3, -0.25) is 14.7 Å². The Hall–Kier alpha value is -2.20. The molecular formula is C28H39N3O. The average Bonchev–Trinajstić information content (AvgIpc) is 3.11. The number of hydrogen-bond acceptors (Lipinski definition) is 3. The maximum absolute atomic E-state index is 13.6. The topological polar surface area (TPSA) is 36.4 Å². The number of hydrogen-bond donors (Lipinski definition) is 0.